The number of phenolic OH excluding ortho intramolecular Hbond substituents is 1. The number of rotatable bonds is 6. The van der Waals surface area contributed by atoms with Gasteiger partial charge < -0.3 is 40.1 Å². The van der Waals surface area contributed by atoms with Gasteiger partial charge >= 0.3 is 0 Å². The van der Waals surface area contributed by atoms with Crippen LogP contribution in [-0.2, 0) is 28.0 Å². The van der Waals surface area contributed by atoms with Crippen LogP contribution in [0.3, 0.4) is 0 Å². The molecule has 2 amide bonds. The quantitative estimate of drug-likeness (QED) is 0.188. The topological polar surface area (TPSA) is 183 Å². The zero-order chi connectivity index (χ0) is 32.0. The van der Waals surface area contributed by atoms with Crippen LogP contribution < -0.4 is 16.0 Å². The number of carbonyl (C=O) groups excluding carboxylic acids is 2. The van der Waals surface area contributed by atoms with Gasteiger partial charge in [-0.05, 0) is 35.1 Å². The Morgan fingerprint density at radius 2 is 1.91 bits per heavy atom. The number of aliphatic hydroxyl groups is 2. The Kier molecular flexibility index (Phi) is 7.88. The molecule has 2 aliphatic rings. The van der Waals surface area contributed by atoms with Gasteiger partial charge in [-0.25, -0.2) is 9.97 Å². The van der Waals surface area contributed by atoms with Crippen molar-refractivity contribution in [2.75, 3.05) is 11.9 Å². The first-order valence-electron chi connectivity index (χ1n) is 15.0. The molecule has 0 radical (unpaired) electrons. The summed E-state index contributed by atoms with van der Waals surface area (Å²) in [5, 5.41) is 40.9. The number of para-hydroxylation sites is 1. The first kappa shape index (κ1) is 30.4. The van der Waals surface area contributed by atoms with E-state index in [0.717, 1.165) is 11.3 Å². The predicted octanol–water partition coefficient (Wildman–Crippen LogP) is 3.16. The van der Waals surface area contributed by atoms with Crippen LogP contribution in [0.4, 0.5) is 5.69 Å². The van der Waals surface area contributed by atoms with Gasteiger partial charge in [0.15, 0.2) is 11.5 Å². The summed E-state index contributed by atoms with van der Waals surface area (Å²) in [5.74, 6) is -1.09. The molecule has 0 saturated heterocycles. The largest absolute Gasteiger partial charge is 0.508 e. The average molecular weight is 616 g/mol. The number of nitrogens with one attached hydrogen (secondary N) is 3. The van der Waals surface area contributed by atoms with Gasteiger partial charge in [-0.1, -0.05) is 58.0 Å². The third-order valence-electron chi connectivity index (χ3n) is 8.60. The van der Waals surface area contributed by atoms with Crippen molar-refractivity contribution in [2.24, 2.45) is 11.8 Å². The Hall–Kier alpha value is -4.68. The minimum absolute atomic E-state index is 0.0117. The maximum Gasteiger partial charge on any atom is 0.249 e. The number of benzene rings is 2. The summed E-state index contributed by atoms with van der Waals surface area (Å²) in [4.78, 5) is 36.1. The van der Waals surface area contributed by atoms with Crippen LogP contribution >= 0.6 is 0 Å². The highest BCUT2D eigenvalue weighted by Crippen LogP contribution is 2.52. The van der Waals surface area contributed by atoms with E-state index < -0.39 is 35.4 Å². The molecule has 2 aromatic heterocycles. The molecular weight excluding hydrogens is 578 g/mol. The van der Waals surface area contributed by atoms with E-state index in [1.54, 1.807) is 32.0 Å². The second kappa shape index (κ2) is 11.7. The molecule has 0 aliphatic carbocycles. The van der Waals surface area contributed by atoms with E-state index in [9.17, 15) is 24.9 Å². The zero-order valence-electron chi connectivity index (χ0n) is 25.5. The smallest absolute Gasteiger partial charge is 0.249 e. The number of oxazole rings is 2. The molecule has 4 atom stereocenters. The maximum absolute atomic E-state index is 13.9. The van der Waals surface area contributed by atoms with Crippen molar-refractivity contribution in [1.82, 2.24) is 20.6 Å². The fourth-order valence-electron chi connectivity index (χ4n) is 6.11. The van der Waals surface area contributed by atoms with Crippen LogP contribution in [0.15, 0.2) is 57.6 Å². The number of amides is 2. The maximum atomic E-state index is 13.9. The normalized spacial score (nSPS) is 21.6. The first-order chi connectivity index (χ1) is 21.5. The molecule has 2 aliphatic heterocycles. The summed E-state index contributed by atoms with van der Waals surface area (Å²) in [6.07, 6.45) is 0.124. The number of phenols is 1. The fraction of sp³-hybridized carbons (Fsp3) is 0.394. The number of carbonyl (C=O) groups is 2. The van der Waals surface area contributed by atoms with Crippen molar-refractivity contribution >= 4 is 17.5 Å². The van der Waals surface area contributed by atoms with Crippen molar-refractivity contribution in [3.63, 3.8) is 0 Å². The van der Waals surface area contributed by atoms with E-state index in [4.69, 9.17) is 13.8 Å². The van der Waals surface area contributed by atoms with Crippen molar-refractivity contribution in [1.29, 1.82) is 0 Å². The van der Waals surface area contributed by atoms with Crippen molar-refractivity contribution in [3.05, 3.63) is 82.8 Å². The van der Waals surface area contributed by atoms with Crippen molar-refractivity contribution in [2.45, 2.75) is 64.3 Å². The van der Waals surface area contributed by atoms with E-state index >= 15 is 0 Å². The van der Waals surface area contributed by atoms with Crippen LogP contribution in [0.1, 0.15) is 67.8 Å². The van der Waals surface area contributed by atoms with Gasteiger partial charge in [0.05, 0.1) is 6.61 Å². The van der Waals surface area contributed by atoms with Gasteiger partial charge in [-0.15, -0.1) is 0 Å². The van der Waals surface area contributed by atoms with E-state index in [-0.39, 0.29) is 54.6 Å². The first-order valence-corrected chi connectivity index (χ1v) is 15.0. The number of hydrogen-bond acceptors (Lipinski definition) is 10. The molecule has 4 heterocycles. The van der Waals surface area contributed by atoms with Crippen LogP contribution in [0, 0.1) is 11.8 Å². The highest BCUT2D eigenvalue weighted by atomic mass is 16.4. The Balaban J connectivity index is 1.62. The second-order valence-electron chi connectivity index (χ2n) is 12.4. The predicted molar refractivity (Wildman–Crippen MR) is 163 cm³/mol. The Bertz CT molecular complexity index is 1740. The lowest BCUT2D eigenvalue weighted by Crippen LogP contribution is -2.52. The lowest BCUT2D eigenvalue weighted by Gasteiger charge is -2.31. The molecule has 12 nitrogen and oxygen atoms in total. The van der Waals surface area contributed by atoms with Gasteiger partial charge in [0.1, 0.15) is 41.3 Å². The molecule has 2 aromatic carbocycles. The summed E-state index contributed by atoms with van der Waals surface area (Å²) >= 11 is 0. The number of aromatic nitrogens is 2. The molecular formula is C33H37N5O7. The number of anilines is 1. The minimum atomic E-state index is -1.30. The van der Waals surface area contributed by atoms with Gasteiger partial charge in [-0.2, -0.15) is 0 Å². The Morgan fingerprint density at radius 1 is 1.13 bits per heavy atom. The highest BCUT2D eigenvalue weighted by Gasteiger charge is 2.50. The molecule has 1 spiro atoms. The molecule has 6 rings (SSSR count). The van der Waals surface area contributed by atoms with Crippen molar-refractivity contribution in [3.8, 4) is 17.3 Å². The molecule has 1 unspecified atom stereocenters. The lowest BCUT2D eigenvalue weighted by molar-refractivity contribution is -0.135. The van der Waals surface area contributed by atoms with Crippen molar-refractivity contribution < 1.29 is 33.7 Å². The third kappa shape index (κ3) is 5.23. The number of fused-ring (bicyclic) bond motifs is 8. The number of nitrogens with zero attached hydrogens (tertiary/aromatic N) is 2. The molecule has 12 heteroatoms. The minimum Gasteiger partial charge on any atom is -0.508 e. The van der Waals surface area contributed by atoms with Crippen LogP contribution in [-0.4, -0.2) is 55.8 Å². The summed E-state index contributed by atoms with van der Waals surface area (Å²) < 4.78 is 12.5. The Labute approximate surface area is 259 Å². The van der Waals surface area contributed by atoms with Gasteiger partial charge in [-0.3, -0.25) is 9.59 Å². The van der Waals surface area contributed by atoms with E-state index in [0.29, 0.717) is 22.6 Å². The molecule has 4 bridgehead atoms. The summed E-state index contributed by atoms with van der Waals surface area (Å²) in [5.41, 5.74) is 2.25. The van der Waals surface area contributed by atoms with Crippen LogP contribution in [0.5, 0.6) is 5.75 Å². The number of aromatic hydroxyl groups is 1. The van der Waals surface area contributed by atoms with E-state index in [2.05, 4.69) is 20.9 Å². The van der Waals surface area contributed by atoms with Gasteiger partial charge in [0, 0.05) is 24.2 Å². The molecule has 236 valence electrons. The second-order valence-corrected chi connectivity index (χ2v) is 12.4. The summed E-state index contributed by atoms with van der Waals surface area (Å²) in [7, 11) is 0. The summed E-state index contributed by atoms with van der Waals surface area (Å²) in [6, 6.07) is 11.0. The van der Waals surface area contributed by atoms with Crippen LogP contribution in [0.25, 0.3) is 11.6 Å². The highest BCUT2D eigenvalue weighted by molar-refractivity contribution is 5.90. The Morgan fingerprint density at radius 3 is 2.62 bits per heavy atom. The standard InChI is InChI=1S/C33H37N5O7/c1-16(2)25-32-38-26(31-35-19(13-39)14-44-31)28(45-32)33(15-34-22-8-6-5-7-20(22)33)21-11-18(9-10-24(21)40)12-23(29(42)37-25)36-30(43)27(41)17(3)4/h5-11,14,16-17,23,25,27,34,39-41H,12-13,15H2,1-4H3,(H,36,43)(H,37,42)/t23-,25?,27-,33+/m0/s1. The fourth-order valence-corrected chi connectivity index (χ4v) is 6.11. The number of aliphatic hydroxyl groups excluding tert-OH is 2. The lowest BCUT2D eigenvalue weighted by atomic mass is 9.72. The zero-order valence-corrected chi connectivity index (χ0v) is 25.5. The number of hydrogen-bond donors (Lipinski definition) is 6. The SMILES string of the molecule is CC(C)C1NC(=O)[C@@H](NC(=O)[C@@H](O)C(C)C)Cc2ccc(O)c(c2)[C@]2(CNc3ccccc32)c2oc1nc2-c1nc(CO)co1. The van der Waals surface area contributed by atoms with Crippen LogP contribution in [0.2, 0.25) is 0 Å². The summed E-state index contributed by atoms with van der Waals surface area (Å²) in [6.45, 7) is 7.19. The molecule has 6 N–H and O–H groups in total. The average Bonchev–Trinajstić information content (AvgIpc) is 3.76. The van der Waals surface area contributed by atoms with E-state index in [1.807, 2.05) is 38.1 Å². The molecule has 0 fully saturated rings. The molecule has 4 aromatic rings. The monoisotopic (exact) mass is 615 g/mol. The van der Waals surface area contributed by atoms with Gasteiger partial charge in [0.2, 0.25) is 23.6 Å². The molecule has 45 heavy (non-hydrogen) atoms. The third-order valence-corrected chi connectivity index (χ3v) is 8.60. The van der Waals surface area contributed by atoms with Gasteiger partial charge in [0.25, 0.3) is 0 Å². The molecule has 0 saturated carbocycles. The van der Waals surface area contributed by atoms with E-state index in [1.165, 1.54) is 6.26 Å².